The summed E-state index contributed by atoms with van der Waals surface area (Å²) < 4.78 is 23.6. The van der Waals surface area contributed by atoms with Crippen LogP contribution < -0.4 is 4.90 Å². The lowest BCUT2D eigenvalue weighted by Crippen LogP contribution is -2.38. The molecule has 0 spiro atoms. The van der Waals surface area contributed by atoms with Crippen LogP contribution in [0.5, 0.6) is 0 Å². The van der Waals surface area contributed by atoms with Crippen LogP contribution in [0.2, 0.25) is 0 Å². The number of sulfone groups is 1. The first-order valence-corrected chi connectivity index (χ1v) is 10.5. The first-order chi connectivity index (χ1) is 11.7. The molecule has 1 saturated heterocycles. The van der Waals surface area contributed by atoms with Crippen molar-refractivity contribution in [3.05, 3.63) is 23.9 Å². The molecule has 3 rings (SSSR count). The summed E-state index contributed by atoms with van der Waals surface area (Å²) in [5.74, 6) is 1.26. The van der Waals surface area contributed by atoms with E-state index in [1.807, 2.05) is 14.0 Å². The summed E-state index contributed by atoms with van der Waals surface area (Å²) in [5, 5.41) is 0.891. The van der Waals surface area contributed by atoms with Crippen LogP contribution in [0.3, 0.4) is 0 Å². The molecule has 25 heavy (non-hydrogen) atoms. The number of hydrogen-bond acceptors (Lipinski definition) is 6. The van der Waals surface area contributed by atoms with Crippen molar-refractivity contribution < 1.29 is 8.42 Å². The second-order valence-corrected chi connectivity index (χ2v) is 9.23. The van der Waals surface area contributed by atoms with Crippen molar-refractivity contribution in [2.75, 3.05) is 44.9 Å². The van der Waals surface area contributed by atoms with Gasteiger partial charge in [0.2, 0.25) is 5.95 Å². The summed E-state index contributed by atoms with van der Waals surface area (Å²) in [6.45, 7) is 5.10. The number of benzene rings is 1. The third-order valence-corrected chi connectivity index (χ3v) is 5.98. The highest BCUT2D eigenvalue weighted by Gasteiger charge is 2.20. The Labute approximate surface area is 149 Å². The molecule has 1 fully saturated rings. The Bertz CT molecular complexity index is 882. The van der Waals surface area contributed by atoms with Gasteiger partial charge in [0.25, 0.3) is 0 Å². The number of likely N-dealkylation sites (tertiary alicyclic amines) is 1. The predicted octanol–water partition coefficient (Wildman–Crippen LogP) is 2.12. The predicted molar refractivity (Wildman–Crippen MR) is 101 cm³/mol. The van der Waals surface area contributed by atoms with Crippen molar-refractivity contribution >= 4 is 26.7 Å². The van der Waals surface area contributed by atoms with Gasteiger partial charge in [0.05, 0.1) is 16.1 Å². The normalized spacial score (nSPS) is 19.3. The molecular formula is C18H26N4O2S. The van der Waals surface area contributed by atoms with Crippen LogP contribution in [0.15, 0.2) is 23.1 Å². The molecule has 0 aliphatic carbocycles. The molecule has 0 unspecified atom stereocenters. The lowest BCUT2D eigenvalue weighted by Gasteiger charge is -2.32. The molecule has 1 aromatic heterocycles. The highest BCUT2D eigenvalue weighted by Crippen LogP contribution is 2.23. The molecule has 2 heterocycles. The molecule has 2 aromatic rings. The molecule has 1 aliphatic heterocycles. The summed E-state index contributed by atoms with van der Waals surface area (Å²) in [5.41, 5.74) is 1.55. The summed E-state index contributed by atoms with van der Waals surface area (Å²) in [6.07, 6.45) is 3.67. The Morgan fingerprint density at radius 3 is 2.76 bits per heavy atom. The molecule has 136 valence electrons. The van der Waals surface area contributed by atoms with Gasteiger partial charge in [-0.25, -0.2) is 18.4 Å². The van der Waals surface area contributed by atoms with Gasteiger partial charge < -0.3 is 9.80 Å². The second-order valence-electron chi connectivity index (χ2n) is 7.21. The van der Waals surface area contributed by atoms with E-state index in [9.17, 15) is 8.42 Å². The van der Waals surface area contributed by atoms with E-state index in [-0.39, 0.29) is 0 Å². The fraction of sp³-hybridized carbons (Fsp3) is 0.556. The maximum absolute atomic E-state index is 11.8. The van der Waals surface area contributed by atoms with Gasteiger partial charge in [-0.15, -0.1) is 0 Å². The van der Waals surface area contributed by atoms with E-state index in [1.165, 1.54) is 25.6 Å². The lowest BCUT2D eigenvalue weighted by atomic mass is 9.98. The van der Waals surface area contributed by atoms with E-state index >= 15 is 0 Å². The highest BCUT2D eigenvalue weighted by atomic mass is 32.2. The van der Waals surface area contributed by atoms with E-state index in [0.29, 0.717) is 22.3 Å². The average Bonchev–Trinajstić information content (AvgIpc) is 2.53. The minimum atomic E-state index is -3.25. The zero-order valence-corrected chi connectivity index (χ0v) is 16.2. The standard InChI is InChI=1S/C18H26N4O2S/c1-13-16-8-7-15(25(4,23)24)10-17(16)20-18(19-13)22(3)12-14-6-5-9-21(2)11-14/h7-8,10,14H,5-6,9,11-12H2,1-4H3/t14-/m1/s1. The number of hydrogen-bond donors (Lipinski definition) is 0. The topological polar surface area (TPSA) is 66.4 Å². The van der Waals surface area contributed by atoms with Crippen LogP contribution >= 0.6 is 0 Å². The van der Waals surface area contributed by atoms with Crippen molar-refractivity contribution in [2.24, 2.45) is 5.92 Å². The Morgan fingerprint density at radius 1 is 1.32 bits per heavy atom. The van der Waals surface area contributed by atoms with Crippen LogP contribution in [-0.4, -0.2) is 63.3 Å². The van der Waals surface area contributed by atoms with Crippen LogP contribution in [0.1, 0.15) is 18.5 Å². The third kappa shape index (κ3) is 4.10. The zero-order valence-electron chi connectivity index (χ0n) is 15.4. The van der Waals surface area contributed by atoms with Gasteiger partial charge in [0.1, 0.15) is 0 Å². The quantitative estimate of drug-likeness (QED) is 0.830. The number of fused-ring (bicyclic) bond motifs is 1. The summed E-state index contributed by atoms with van der Waals surface area (Å²) in [7, 11) is 0.923. The highest BCUT2D eigenvalue weighted by molar-refractivity contribution is 7.90. The Balaban J connectivity index is 1.90. The van der Waals surface area contributed by atoms with Gasteiger partial charge in [-0.3, -0.25) is 0 Å². The number of nitrogens with zero attached hydrogens (tertiary/aromatic N) is 4. The van der Waals surface area contributed by atoms with Crippen LogP contribution in [0.4, 0.5) is 5.95 Å². The first kappa shape index (κ1) is 18.1. The molecule has 0 N–H and O–H groups in total. The van der Waals surface area contributed by atoms with E-state index < -0.39 is 9.84 Å². The second kappa shape index (κ2) is 6.88. The van der Waals surface area contributed by atoms with E-state index in [0.717, 1.165) is 24.2 Å². The van der Waals surface area contributed by atoms with Gasteiger partial charge in [-0.2, -0.15) is 0 Å². The maximum atomic E-state index is 11.8. The van der Waals surface area contributed by atoms with Crippen LogP contribution in [0.25, 0.3) is 10.9 Å². The molecule has 7 heteroatoms. The largest absolute Gasteiger partial charge is 0.344 e. The third-order valence-electron chi connectivity index (χ3n) is 4.87. The number of rotatable bonds is 4. The molecule has 0 bridgehead atoms. The number of aryl methyl sites for hydroxylation is 1. The maximum Gasteiger partial charge on any atom is 0.225 e. The Morgan fingerprint density at radius 2 is 2.08 bits per heavy atom. The molecule has 1 atom stereocenters. The summed E-state index contributed by atoms with van der Waals surface area (Å²) in [6, 6.07) is 5.06. The molecule has 1 aliphatic rings. The van der Waals surface area contributed by atoms with Gasteiger partial charge in [0.15, 0.2) is 9.84 Å². The fourth-order valence-electron chi connectivity index (χ4n) is 3.55. The van der Waals surface area contributed by atoms with Crippen molar-refractivity contribution in [2.45, 2.75) is 24.7 Å². The molecule has 0 amide bonds. The molecule has 0 radical (unpaired) electrons. The Kier molecular flexibility index (Phi) is 4.97. The number of aromatic nitrogens is 2. The smallest absolute Gasteiger partial charge is 0.225 e. The monoisotopic (exact) mass is 362 g/mol. The van der Waals surface area contributed by atoms with Crippen molar-refractivity contribution in [1.29, 1.82) is 0 Å². The average molecular weight is 362 g/mol. The Hall–Kier alpha value is -1.73. The molecule has 1 aromatic carbocycles. The van der Waals surface area contributed by atoms with Gasteiger partial charge in [-0.05, 0) is 57.5 Å². The van der Waals surface area contributed by atoms with Crippen molar-refractivity contribution in [3.63, 3.8) is 0 Å². The summed E-state index contributed by atoms with van der Waals surface area (Å²) >= 11 is 0. The molecular weight excluding hydrogens is 336 g/mol. The minimum absolute atomic E-state index is 0.292. The van der Waals surface area contributed by atoms with Crippen LogP contribution in [0, 0.1) is 12.8 Å². The van der Waals surface area contributed by atoms with Crippen molar-refractivity contribution in [3.8, 4) is 0 Å². The zero-order chi connectivity index (χ0) is 18.2. The lowest BCUT2D eigenvalue weighted by molar-refractivity contribution is 0.213. The van der Waals surface area contributed by atoms with E-state index in [1.54, 1.807) is 18.2 Å². The fourth-order valence-corrected chi connectivity index (χ4v) is 4.19. The van der Waals surface area contributed by atoms with Crippen molar-refractivity contribution in [1.82, 2.24) is 14.9 Å². The number of piperidine rings is 1. The van der Waals surface area contributed by atoms with E-state index in [2.05, 4.69) is 26.8 Å². The van der Waals surface area contributed by atoms with Crippen LogP contribution in [-0.2, 0) is 9.84 Å². The van der Waals surface area contributed by atoms with Gasteiger partial charge in [-0.1, -0.05) is 0 Å². The first-order valence-electron chi connectivity index (χ1n) is 8.62. The van der Waals surface area contributed by atoms with Gasteiger partial charge in [0, 0.05) is 31.8 Å². The molecule has 0 saturated carbocycles. The minimum Gasteiger partial charge on any atom is -0.344 e. The van der Waals surface area contributed by atoms with Gasteiger partial charge >= 0.3 is 0 Å². The van der Waals surface area contributed by atoms with E-state index in [4.69, 9.17) is 0 Å². The number of anilines is 1. The molecule has 6 nitrogen and oxygen atoms in total. The summed E-state index contributed by atoms with van der Waals surface area (Å²) in [4.78, 5) is 14.0. The SMILES string of the molecule is Cc1nc(N(C)C[C@@H]2CCCN(C)C2)nc2cc(S(C)(=O)=O)ccc12.